The average molecular weight is 587 g/mol. The predicted octanol–water partition coefficient (Wildman–Crippen LogP) is 4.91. The first-order valence-corrected chi connectivity index (χ1v) is 12.5. The molecule has 2 aromatic heterocycles. The molecule has 1 aliphatic carbocycles. The minimum absolute atomic E-state index is 0.323. The minimum atomic E-state index is -5.08. The van der Waals surface area contributed by atoms with Gasteiger partial charge in [0.05, 0.1) is 25.9 Å². The van der Waals surface area contributed by atoms with Crippen LogP contribution in [-0.4, -0.2) is 76.3 Å². The summed E-state index contributed by atoms with van der Waals surface area (Å²) < 4.78 is 75.6. The molecule has 2 aromatic rings. The van der Waals surface area contributed by atoms with Crippen LogP contribution >= 0.6 is 11.3 Å². The Hall–Kier alpha value is -2.75. The van der Waals surface area contributed by atoms with Gasteiger partial charge < -0.3 is 19.7 Å². The molecule has 0 radical (unpaired) electrons. The van der Waals surface area contributed by atoms with Gasteiger partial charge >= 0.3 is 24.3 Å². The van der Waals surface area contributed by atoms with E-state index in [1.165, 1.54) is 22.6 Å². The third-order valence-electron chi connectivity index (χ3n) is 5.80. The molecule has 0 spiro atoms. The molecule has 3 atom stereocenters. The second-order valence-electron chi connectivity index (χ2n) is 8.71. The van der Waals surface area contributed by atoms with E-state index in [-0.39, 0.29) is 0 Å². The van der Waals surface area contributed by atoms with Crippen molar-refractivity contribution in [3.05, 3.63) is 52.0 Å². The summed E-state index contributed by atoms with van der Waals surface area (Å²) in [6.45, 7) is 6.54. The molecule has 3 heterocycles. The lowest BCUT2D eigenvalue weighted by atomic mass is 10.0. The number of thiophene rings is 1. The highest BCUT2D eigenvalue weighted by atomic mass is 32.1. The Morgan fingerprint density at radius 1 is 1.10 bits per heavy atom. The Labute approximate surface area is 224 Å². The van der Waals surface area contributed by atoms with Gasteiger partial charge in [0.2, 0.25) is 0 Å². The monoisotopic (exact) mass is 586 g/mol. The number of pyridine rings is 1. The van der Waals surface area contributed by atoms with Gasteiger partial charge in [0.25, 0.3) is 0 Å². The lowest BCUT2D eigenvalue weighted by Crippen LogP contribution is -2.50. The lowest BCUT2D eigenvalue weighted by Gasteiger charge is -2.39. The highest BCUT2D eigenvalue weighted by Gasteiger charge is 2.42. The van der Waals surface area contributed by atoms with E-state index in [2.05, 4.69) is 35.0 Å². The molecule has 8 nitrogen and oxygen atoms in total. The number of aryl methyl sites for hydroxylation is 1. The number of nitrogens with zero attached hydrogens (tertiary/aromatic N) is 2. The van der Waals surface area contributed by atoms with Crippen molar-refractivity contribution in [2.24, 2.45) is 5.92 Å². The van der Waals surface area contributed by atoms with E-state index >= 15 is 0 Å². The molecule has 3 unspecified atom stereocenters. The van der Waals surface area contributed by atoms with Gasteiger partial charge in [0.1, 0.15) is 0 Å². The topological polar surface area (TPSA) is 109 Å². The fraction of sp³-hybridized carbons (Fsp3) is 0.542. The molecular formula is C24H28F6N2O6S. The smallest absolute Gasteiger partial charge is 0.475 e. The number of rotatable bonds is 6. The molecule has 39 heavy (non-hydrogen) atoms. The fourth-order valence-electron chi connectivity index (χ4n) is 4.09. The van der Waals surface area contributed by atoms with Crippen LogP contribution in [0.5, 0.6) is 0 Å². The van der Waals surface area contributed by atoms with E-state index < -0.39 is 24.3 Å². The quantitative estimate of drug-likeness (QED) is 0.460. The number of fused-ring (bicyclic) bond motifs is 1. The molecule has 2 fully saturated rings. The molecule has 1 saturated carbocycles. The maximum absolute atomic E-state index is 10.6. The number of carboxylic acids is 2. The standard InChI is InChI=1S/C20H26N2O2S.2C2HF3O2/c1-15-4-6-18(25-15)12-22-9-10-24-20-17(5-7-19(20)22)14-23-13-16-3-2-8-21-11-16;2*3-2(4,5)1(6)7/h2-4,6,8,11,17,19-20H,5,7,9-10,12-14H2,1H3;2*(H,6,7). The third-order valence-corrected chi connectivity index (χ3v) is 6.78. The van der Waals surface area contributed by atoms with Crippen molar-refractivity contribution in [2.45, 2.75) is 57.4 Å². The van der Waals surface area contributed by atoms with Crippen molar-refractivity contribution in [3.63, 3.8) is 0 Å². The van der Waals surface area contributed by atoms with Crippen LogP contribution < -0.4 is 0 Å². The number of halogens is 6. The van der Waals surface area contributed by atoms with Gasteiger partial charge in [-0.3, -0.25) is 9.88 Å². The summed E-state index contributed by atoms with van der Waals surface area (Å²) in [6, 6.07) is 9.06. The number of carbonyl (C=O) groups is 2. The summed E-state index contributed by atoms with van der Waals surface area (Å²) >= 11 is 1.91. The molecule has 4 rings (SSSR count). The first kappa shape index (κ1) is 32.5. The number of aliphatic carboxylic acids is 2. The van der Waals surface area contributed by atoms with E-state index in [1.807, 2.05) is 23.6 Å². The SMILES string of the molecule is Cc1ccc(CN2CCOC3C(COCc4cccnc4)CCC32)s1.O=C(O)C(F)(F)F.O=C(O)C(F)(F)F. The summed E-state index contributed by atoms with van der Waals surface area (Å²) in [4.78, 5) is 27.4. The first-order chi connectivity index (χ1) is 18.2. The van der Waals surface area contributed by atoms with Crippen molar-refractivity contribution in [3.8, 4) is 0 Å². The summed E-state index contributed by atoms with van der Waals surface area (Å²) in [6.07, 6.45) is -3.76. The molecule has 0 amide bonds. The van der Waals surface area contributed by atoms with Crippen LogP contribution in [-0.2, 0) is 32.2 Å². The van der Waals surface area contributed by atoms with Crippen LogP contribution in [0.1, 0.15) is 28.2 Å². The Bertz CT molecular complexity index is 1030. The van der Waals surface area contributed by atoms with Gasteiger partial charge in [-0.25, -0.2) is 9.59 Å². The molecule has 15 heteroatoms. The van der Waals surface area contributed by atoms with Gasteiger partial charge in [-0.1, -0.05) is 6.07 Å². The van der Waals surface area contributed by atoms with Crippen LogP contribution in [0.4, 0.5) is 26.3 Å². The summed E-state index contributed by atoms with van der Waals surface area (Å²) in [5, 5.41) is 14.2. The highest BCUT2D eigenvalue weighted by Crippen LogP contribution is 2.36. The van der Waals surface area contributed by atoms with Crippen molar-refractivity contribution < 1.29 is 55.6 Å². The Kier molecular flexibility index (Phi) is 12.1. The molecule has 1 saturated heterocycles. The van der Waals surface area contributed by atoms with Crippen molar-refractivity contribution in [1.29, 1.82) is 0 Å². The number of hydrogen-bond donors (Lipinski definition) is 2. The second kappa shape index (κ2) is 14.6. The lowest BCUT2D eigenvalue weighted by molar-refractivity contribution is -0.193. The summed E-state index contributed by atoms with van der Waals surface area (Å²) in [5.41, 5.74) is 1.14. The van der Waals surface area contributed by atoms with Crippen molar-refractivity contribution >= 4 is 23.3 Å². The van der Waals surface area contributed by atoms with E-state index in [4.69, 9.17) is 29.3 Å². The maximum atomic E-state index is 10.6. The zero-order valence-corrected chi connectivity index (χ0v) is 21.6. The predicted molar refractivity (Wildman–Crippen MR) is 127 cm³/mol. The number of alkyl halides is 6. The van der Waals surface area contributed by atoms with Gasteiger partial charge in [-0.15, -0.1) is 11.3 Å². The van der Waals surface area contributed by atoms with Crippen LogP contribution in [0.2, 0.25) is 0 Å². The zero-order chi connectivity index (χ0) is 29.2. The molecular weight excluding hydrogens is 558 g/mol. The van der Waals surface area contributed by atoms with Crippen LogP contribution in [0.3, 0.4) is 0 Å². The van der Waals surface area contributed by atoms with Crippen LogP contribution in [0.15, 0.2) is 36.7 Å². The number of carboxylic acid groups (broad SMARTS) is 2. The summed E-state index contributed by atoms with van der Waals surface area (Å²) in [5.74, 6) is -5.01. The minimum Gasteiger partial charge on any atom is -0.475 e. The largest absolute Gasteiger partial charge is 0.490 e. The van der Waals surface area contributed by atoms with E-state index in [0.717, 1.165) is 31.9 Å². The Morgan fingerprint density at radius 3 is 2.26 bits per heavy atom. The molecule has 0 aromatic carbocycles. The summed E-state index contributed by atoms with van der Waals surface area (Å²) in [7, 11) is 0. The average Bonchev–Trinajstić information content (AvgIpc) is 3.46. The van der Waals surface area contributed by atoms with Crippen LogP contribution in [0, 0.1) is 12.8 Å². The highest BCUT2D eigenvalue weighted by molar-refractivity contribution is 7.11. The number of aromatic nitrogens is 1. The van der Waals surface area contributed by atoms with Crippen molar-refractivity contribution in [1.82, 2.24) is 9.88 Å². The maximum Gasteiger partial charge on any atom is 0.490 e. The Morgan fingerprint density at radius 2 is 1.74 bits per heavy atom. The van der Waals surface area contributed by atoms with Crippen LogP contribution in [0.25, 0.3) is 0 Å². The van der Waals surface area contributed by atoms with E-state index in [0.29, 0.717) is 24.7 Å². The molecule has 2 N–H and O–H groups in total. The number of ether oxygens (including phenoxy) is 2. The number of hydrogen-bond acceptors (Lipinski definition) is 7. The second-order valence-corrected chi connectivity index (χ2v) is 10.1. The third kappa shape index (κ3) is 11.1. The normalized spacial score (nSPS) is 21.2. The van der Waals surface area contributed by atoms with Gasteiger partial charge in [-0.2, -0.15) is 26.3 Å². The zero-order valence-electron chi connectivity index (χ0n) is 20.7. The molecule has 218 valence electrons. The first-order valence-electron chi connectivity index (χ1n) is 11.7. The molecule has 0 bridgehead atoms. The fourth-order valence-corrected chi connectivity index (χ4v) is 5.01. The molecule has 2 aliphatic rings. The van der Waals surface area contributed by atoms with Gasteiger partial charge in [0, 0.05) is 47.2 Å². The van der Waals surface area contributed by atoms with E-state index in [1.54, 1.807) is 6.20 Å². The van der Waals surface area contributed by atoms with E-state index in [9.17, 15) is 26.3 Å². The van der Waals surface area contributed by atoms with Gasteiger partial charge in [0.15, 0.2) is 0 Å². The Balaban J connectivity index is 0.000000317. The number of morpholine rings is 1. The molecule has 1 aliphatic heterocycles. The van der Waals surface area contributed by atoms with Gasteiger partial charge in [-0.05, 0) is 43.5 Å². The van der Waals surface area contributed by atoms with Crippen molar-refractivity contribution in [2.75, 3.05) is 19.8 Å².